The summed E-state index contributed by atoms with van der Waals surface area (Å²) in [4.78, 5) is 38.8. The quantitative estimate of drug-likeness (QED) is 0.690. The van der Waals surface area contributed by atoms with Gasteiger partial charge in [-0.15, -0.1) is 11.3 Å². The lowest BCUT2D eigenvalue weighted by Crippen LogP contribution is -2.49. The number of nitrogens with one attached hydrogen (secondary N) is 1. The summed E-state index contributed by atoms with van der Waals surface area (Å²) in [5.41, 5.74) is 1.79. The van der Waals surface area contributed by atoms with Crippen LogP contribution in [0.4, 0.5) is 10.8 Å². The van der Waals surface area contributed by atoms with Crippen LogP contribution in [0.3, 0.4) is 0 Å². The summed E-state index contributed by atoms with van der Waals surface area (Å²) in [6.45, 7) is 8.40. The molecule has 1 saturated heterocycles. The van der Waals surface area contributed by atoms with E-state index in [0.717, 1.165) is 22.9 Å². The second kappa shape index (κ2) is 8.27. The Morgan fingerprint density at radius 2 is 1.87 bits per heavy atom. The highest BCUT2D eigenvalue weighted by atomic mass is 32.1. The Labute approximate surface area is 178 Å². The predicted molar refractivity (Wildman–Crippen MR) is 115 cm³/mol. The molecule has 0 radical (unpaired) electrons. The van der Waals surface area contributed by atoms with Gasteiger partial charge >= 0.3 is 0 Å². The number of hydrogen-bond acceptors (Lipinski definition) is 7. The molecule has 1 fully saturated rings. The first kappa shape index (κ1) is 20.1. The number of aryl methyl sites for hydroxylation is 3. The second-order valence-electron chi connectivity index (χ2n) is 7.25. The molecule has 156 valence electrons. The minimum atomic E-state index is -0.329. The summed E-state index contributed by atoms with van der Waals surface area (Å²) in [6.07, 6.45) is 1.45. The van der Waals surface area contributed by atoms with Gasteiger partial charge in [-0.3, -0.25) is 9.59 Å². The number of rotatable bonds is 4. The van der Waals surface area contributed by atoms with Gasteiger partial charge in [-0.25, -0.2) is 9.97 Å². The fourth-order valence-corrected chi connectivity index (χ4v) is 4.51. The molecular weight excluding hydrogens is 402 g/mol. The van der Waals surface area contributed by atoms with Crippen LogP contribution in [0.25, 0.3) is 0 Å². The minimum absolute atomic E-state index is 0.00861. The van der Waals surface area contributed by atoms with Crippen molar-refractivity contribution in [1.82, 2.24) is 14.9 Å². The van der Waals surface area contributed by atoms with Crippen molar-refractivity contribution in [2.75, 3.05) is 36.4 Å². The van der Waals surface area contributed by atoms with E-state index in [-0.39, 0.29) is 17.6 Å². The monoisotopic (exact) mass is 425 g/mol. The van der Waals surface area contributed by atoms with E-state index in [1.807, 2.05) is 37.8 Å². The van der Waals surface area contributed by atoms with Gasteiger partial charge in [-0.1, -0.05) is 0 Å². The molecule has 0 aromatic carbocycles. The molecule has 30 heavy (non-hydrogen) atoms. The van der Waals surface area contributed by atoms with Gasteiger partial charge in [-0.05, 0) is 44.5 Å². The number of amides is 2. The summed E-state index contributed by atoms with van der Waals surface area (Å²) in [5.74, 6) is 1.56. The van der Waals surface area contributed by atoms with Crippen molar-refractivity contribution in [3.05, 3.63) is 58.2 Å². The van der Waals surface area contributed by atoms with Gasteiger partial charge in [0.15, 0.2) is 5.76 Å². The highest BCUT2D eigenvalue weighted by Crippen LogP contribution is 2.29. The molecule has 4 rings (SSSR count). The summed E-state index contributed by atoms with van der Waals surface area (Å²) in [7, 11) is 0. The summed E-state index contributed by atoms with van der Waals surface area (Å²) in [5, 5.41) is 3.42. The smallest absolute Gasteiger partial charge is 0.291 e. The largest absolute Gasteiger partial charge is 0.459 e. The van der Waals surface area contributed by atoms with Crippen LogP contribution in [0.5, 0.6) is 0 Å². The predicted octanol–water partition coefficient (Wildman–Crippen LogP) is 3.27. The zero-order valence-corrected chi connectivity index (χ0v) is 18.0. The van der Waals surface area contributed by atoms with E-state index in [0.29, 0.717) is 36.1 Å². The third-order valence-electron chi connectivity index (χ3n) is 4.94. The lowest BCUT2D eigenvalue weighted by Gasteiger charge is -2.35. The first-order valence-electron chi connectivity index (χ1n) is 9.72. The van der Waals surface area contributed by atoms with Crippen LogP contribution in [-0.4, -0.2) is 52.9 Å². The van der Waals surface area contributed by atoms with Crippen LogP contribution < -0.4 is 10.2 Å². The number of anilines is 2. The normalized spacial score (nSPS) is 14.1. The van der Waals surface area contributed by atoms with Gasteiger partial charge in [0.1, 0.15) is 11.6 Å². The Balaban J connectivity index is 1.40. The van der Waals surface area contributed by atoms with Gasteiger partial charge in [0, 0.05) is 37.9 Å². The van der Waals surface area contributed by atoms with Crippen LogP contribution in [0, 0.1) is 20.8 Å². The molecule has 4 heterocycles. The molecule has 0 bridgehead atoms. The molecule has 2 amide bonds. The molecule has 9 heteroatoms. The van der Waals surface area contributed by atoms with Crippen molar-refractivity contribution < 1.29 is 14.0 Å². The average molecular weight is 426 g/mol. The topological polar surface area (TPSA) is 91.6 Å². The molecule has 0 saturated carbocycles. The van der Waals surface area contributed by atoms with E-state index in [2.05, 4.69) is 20.2 Å². The number of carbonyl (C=O) groups excluding carboxylic acids is 2. The van der Waals surface area contributed by atoms with Gasteiger partial charge < -0.3 is 19.5 Å². The Morgan fingerprint density at radius 1 is 1.10 bits per heavy atom. The standard InChI is InChI=1S/C21H23N5O3S/c1-13-11-18(24-20(27)16-5-4-10-29-16)30-19(13)21(28)26-8-6-25(7-9-26)17-12-14(2)22-15(3)23-17/h4-5,10-12H,6-9H2,1-3H3,(H,24,27). The van der Waals surface area contributed by atoms with E-state index < -0.39 is 0 Å². The van der Waals surface area contributed by atoms with Crippen molar-refractivity contribution in [2.24, 2.45) is 0 Å². The van der Waals surface area contributed by atoms with E-state index in [4.69, 9.17) is 4.42 Å². The Hall–Kier alpha value is -3.20. The van der Waals surface area contributed by atoms with Crippen molar-refractivity contribution in [1.29, 1.82) is 0 Å². The van der Waals surface area contributed by atoms with Gasteiger partial charge in [0.05, 0.1) is 16.1 Å². The Kier molecular flexibility index (Phi) is 5.54. The van der Waals surface area contributed by atoms with Crippen molar-refractivity contribution in [3.63, 3.8) is 0 Å². The van der Waals surface area contributed by atoms with E-state index in [1.54, 1.807) is 12.1 Å². The number of piperazine rings is 1. The van der Waals surface area contributed by atoms with Gasteiger partial charge in [0.2, 0.25) is 0 Å². The zero-order chi connectivity index (χ0) is 21.3. The SMILES string of the molecule is Cc1cc(N2CCN(C(=O)c3sc(NC(=O)c4ccco4)cc3C)CC2)nc(C)n1. The molecule has 0 aliphatic carbocycles. The van der Waals surface area contributed by atoms with Crippen LogP contribution >= 0.6 is 11.3 Å². The van der Waals surface area contributed by atoms with Crippen LogP contribution in [-0.2, 0) is 0 Å². The molecule has 0 spiro atoms. The van der Waals surface area contributed by atoms with Crippen molar-refractivity contribution in [3.8, 4) is 0 Å². The first-order valence-corrected chi connectivity index (χ1v) is 10.5. The summed E-state index contributed by atoms with van der Waals surface area (Å²) in [6, 6.07) is 7.05. The minimum Gasteiger partial charge on any atom is -0.459 e. The molecule has 1 N–H and O–H groups in total. The molecule has 1 aliphatic rings. The fourth-order valence-electron chi connectivity index (χ4n) is 3.48. The van der Waals surface area contributed by atoms with Crippen LogP contribution in [0.2, 0.25) is 0 Å². The maximum absolute atomic E-state index is 13.1. The fraction of sp³-hybridized carbons (Fsp3) is 0.333. The lowest BCUT2D eigenvalue weighted by atomic mass is 10.2. The van der Waals surface area contributed by atoms with Gasteiger partial charge in [-0.2, -0.15) is 0 Å². The molecular formula is C21H23N5O3S. The van der Waals surface area contributed by atoms with Crippen molar-refractivity contribution in [2.45, 2.75) is 20.8 Å². The Bertz CT molecular complexity index is 1050. The number of carbonyl (C=O) groups is 2. The lowest BCUT2D eigenvalue weighted by molar-refractivity contribution is 0.0750. The van der Waals surface area contributed by atoms with Crippen LogP contribution in [0.15, 0.2) is 34.9 Å². The highest BCUT2D eigenvalue weighted by molar-refractivity contribution is 7.18. The number of nitrogens with zero attached hydrogens (tertiary/aromatic N) is 4. The molecule has 8 nitrogen and oxygen atoms in total. The average Bonchev–Trinajstić information content (AvgIpc) is 3.37. The van der Waals surface area contributed by atoms with E-state index in [9.17, 15) is 9.59 Å². The maximum Gasteiger partial charge on any atom is 0.291 e. The molecule has 0 atom stereocenters. The molecule has 0 unspecified atom stereocenters. The third kappa shape index (κ3) is 4.20. The maximum atomic E-state index is 13.1. The van der Waals surface area contributed by atoms with Crippen LogP contribution in [0.1, 0.15) is 37.3 Å². The Morgan fingerprint density at radius 3 is 2.53 bits per heavy atom. The third-order valence-corrected chi connectivity index (χ3v) is 6.08. The van der Waals surface area contributed by atoms with E-state index >= 15 is 0 Å². The number of aromatic nitrogens is 2. The molecule has 3 aromatic heterocycles. The first-order chi connectivity index (χ1) is 14.4. The van der Waals surface area contributed by atoms with Gasteiger partial charge in [0.25, 0.3) is 11.8 Å². The second-order valence-corrected chi connectivity index (χ2v) is 8.30. The highest BCUT2D eigenvalue weighted by Gasteiger charge is 2.26. The molecule has 3 aromatic rings. The summed E-state index contributed by atoms with van der Waals surface area (Å²) < 4.78 is 5.11. The number of thiophene rings is 1. The van der Waals surface area contributed by atoms with Crippen molar-refractivity contribution >= 4 is 34.0 Å². The van der Waals surface area contributed by atoms with E-state index in [1.165, 1.54) is 17.6 Å². The zero-order valence-electron chi connectivity index (χ0n) is 17.1. The number of hydrogen-bond donors (Lipinski definition) is 1. The number of furan rings is 1. The molecule has 1 aliphatic heterocycles. The summed E-state index contributed by atoms with van der Waals surface area (Å²) >= 11 is 1.29.